The normalized spacial score (nSPS) is 14.7. The maximum Gasteiger partial charge on any atom is 0.255 e. The molecule has 1 aliphatic rings. The van der Waals surface area contributed by atoms with Crippen molar-refractivity contribution in [3.05, 3.63) is 119 Å². The van der Waals surface area contributed by atoms with Crippen LogP contribution in [0.1, 0.15) is 38.8 Å². The Morgan fingerprint density at radius 3 is 1.59 bits per heavy atom. The average molecular weight is 575 g/mol. The number of hydrogen-bond donors (Lipinski definition) is 0. The molecular formula is C33H26N4O2S2. The van der Waals surface area contributed by atoms with Gasteiger partial charge in [-0.05, 0) is 55.5 Å². The third kappa shape index (κ3) is 6.15. The van der Waals surface area contributed by atoms with Gasteiger partial charge in [-0.2, -0.15) is 10.5 Å². The maximum atomic E-state index is 13.8. The van der Waals surface area contributed by atoms with E-state index < -0.39 is 0 Å². The molecule has 4 aromatic rings. The Hall–Kier alpha value is -4.50. The molecule has 202 valence electrons. The Morgan fingerprint density at radius 2 is 1.10 bits per heavy atom. The largest absolute Gasteiger partial charge is 0.335 e. The van der Waals surface area contributed by atoms with Crippen molar-refractivity contribution in [2.75, 3.05) is 19.6 Å². The molecule has 5 rings (SSSR count). The van der Waals surface area contributed by atoms with Gasteiger partial charge < -0.3 is 9.80 Å². The molecule has 1 atom stereocenters. The third-order valence-corrected chi connectivity index (χ3v) is 9.17. The quantitative estimate of drug-likeness (QED) is 0.254. The van der Waals surface area contributed by atoms with Crippen molar-refractivity contribution in [1.29, 1.82) is 10.5 Å². The Bertz CT molecular complexity index is 1690. The average Bonchev–Trinajstić information content (AvgIpc) is 3.01. The standard InChI is InChI=1S/C33H26N4O2S2/c1-23-22-36(32(38)26-12-4-8-16-30(26)40-28-14-6-2-10-24(28)20-34)18-19-37(23)33(39)27-13-5-9-17-31(27)41-29-15-7-3-11-25(29)21-35/h2-17,23H,18-19,22H2,1H3/t23-/m0/s1. The number of piperazine rings is 1. The van der Waals surface area contributed by atoms with E-state index in [0.29, 0.717) is 41.9 Å². The summed E-state index contributed by atoms with van der Waals surface area (Å²) in [7, 11) is 0. The molecule has 4 aromatic carbocycles. The summed E-state index contributed by atoms with van der Waals surface area (Å²) in [6.07, 6.45) is 0. The molecule has 0 bridgehead atoms. The van der Waals surface area contributed by atoms with Crippen LogP contribution in [0.4, 0.5) is 0 Å². The fraction of sp³-hybridized carbons (Fsp3) is 0.152. The van der Waals surface area contributed by atoms with Gasteiger partial charge in [0.1, 0.15) is 12.1 Å². The molecule has 0 aliphatic carbocycles. The van der Waals surface area contributed by atoms with Gasteiger partial charge in [0.2, 0.25) is 0 Å². The first-order valence-electron chi connectivity index (χ1n) is 13.1. The minimum Gasteiger partial charge on any atom is -0.335 e. The molecule has 1 aliphatic heterocycles. The van der Waals surface area contributed by atoms with Gasteiger partial charge in [-0.1, -0.05) is 72.1 Å². The monoisotopic (exact) mass is 574 g/mol. The first-order chi connectivity index (χ1) is 20.0. The second-order valence-electron chi connectivity index (χ2n) is 9.51. The highest BCUT2D eigenvalue weighted by atomic mass is 32.2. The smallest absolute Gasteiger partial charge is 0.255 e. The number of benzene rings is 4. The summed E-state index contributed by atoms with van der Waals surface area (Å²) in [5, 5.41) is 19.0. The number of carbonyl (C=O) groups excluding carboxylic acids is 2. The summed E-state index contributed by atoms with van der Waals surface area (Å²) in [4.78, 5) is 34.2. The molecule has 1 heterocycles. The van der Waals surface area contributed by atoms with Gasteiger partial charge in [-0.15, -0.1) is 0 Å². The van der Waals surface area contributed by atoms with Crippen LogP contribution in [0.5, 0.6) is 0 Å². The lowest BCUT2D eigenvalue weighted by Crippen LogP contribution is -2.55. The second kappa shape index (κ2) is 12.8. The van der Waals surface area contributed by atoms with Crippen molar-refractivity contribution in [3.63, 3.8) is 0 Å². The van der Waals surface area contributed by atoms with Gasteiger partial charge in [0.05, 0.1) is 22.3 Å². The summed E-state index contributed by atoms with van der Waals surface area (Å²) < 4.78 is 0. The topological polar surface area (TPSA) is 88.2 Å². The van der Waals surface area contributed by atoms with E-state index in [4.69, 9.17) is 0 Å². The van der Waals surface area contributed by atoms with Crippen LogP contribution in [-0.4, -0.2) is 47.3 Å². The van der Waals surface area contributed by atoms with Gasteiger partial charge in [-0.25, -0.2) is 0 Å². The third-order valence-electron chi connectivity index (χ3n) is 6.87. The molecule has 6 nitrogen and oxygen atoms in total. The Kier molecular flexibility index (Phi) is 8.74. The molecule has 41 heavy (non-hydrogen) atoms. The van der Waals surface area contributed by atoms with Crippen LogP contribution in [0.15, 0.2) is 117 Å². The number of carbonyl (C=O) groups is 2. The van der Waals surface area contributed by atoms with Crippen LogP contribution < -0.4 is 0 Å². The van der Waals surface area contributed by atoms with Crippen LogP contribution in [0, 0.1) is 22.7 Å². The zero-order valence-electron chi connectivity index (χ0n) is 22.4. The minimum atomic E-state index is -0.191. The molecule has 0 saturated carbocycles. The number of rotatable bonds is 6. The summed E-state index contributed by atoms with van der Waals surface area (Å²) >= 11 is 2.82. The maximum absolute atomic E-state index is 13.8. The fourth-order valence-electron chi connectivity index (χ4n) is 4.77. The SMILES string of the molecule is C[C@H]1CN(C(=O)c2ccccc2Sc2ccccc2C#N)CCN1C(=O)c1ccccc1Sc1ccccc1C#N. The Balaban J connectivity index is 1.31. The molecule has 0 aromatic heterocycles. The zero-order valence-corrected chi connectivity index (χ0v) is 24.0. The Morgan fingerprint density at radius 1 is 0.659 bits per heavy atom. The molecule has 8 heteroatoms. The summed E-state index contributed by atoms with van der Waals surface area (Å²) in [6.45, 7) is 3.19. The predicted molar refractivity (Wildman–Crippen MR) is 160 cm³/mol. The zero-order chi connectivity index (χ0) is 28.8. The van der Waals surface area contributed by atoms with Crippen LogP contribution in [0.3, 0.4) is 0 Å². The minimum absolute atomic E-state index is 0.0915. The van der Waals surface area contributed by atoms with E-state index in [9.17, 15) is 20.1 Å². The lowest BCUT2D eigenvalue weighted by atomic mass is 10.1. The molecule has 2 amide bonds. The van der Waals surface area contributed by atoms with Gasteiger partial charge in [-0.3, -0.25) is 9.59 Å². The lowest BCUT2D eigenvalue weighted by Gasteiger charge is -2.40. The van der Waals surface area contributed by atoms with E-state index in [1.807, 2.05) is 96.8 Å². The van der Waals surface area contributed by atoms with Gasteiger partial charge >= 0.3 is 0 Å². The van der Waals surface area contributed by atoms with Crippen LogP contribution in [-0.2, 0) is 0 Å². The summed E-state index contributed by atoms with van der Waals surface area (Å²) in [5.41, 5.74) is 2.29. The first kappa shape index (κ1) is 28.0. The Labute approximate surface area is 248 Å². The van der Waals surface area contributed by atoms with Gasteiger partial charge in [0.15, 0.2) is 0 Å². The van der Waals surface area contributed by atoms with Crippen LogP contribution in [0.25, 0.3) is 0 Å². The van der Waals surface area contributed by atoms with Gasteiger partial charge in [0, 0.05) is 45.3 Å². The van der Waals surface area contributed by atoms with Crippen molar-refractivity contribution in [3.8, 4) is 12.1 Å². The predicted octanol–water partition coefficient (Wildman–Crippen LogP) is 6.72. The van der Waals surface area contributed by atoms with Crippen molar-refractivity contribution >= 4 is 35.3 Å². The number of amides is 2. The van der Waals surface area contributed by atoms with Crippen molar-refractivity contribution in [2.45, 2.75) is 32.5 Å². The van der Waals surface area contributed by atoms with E-state index in [1.165, 1.54) is 23.5 Å². The number of nitriles is 2. The van der Waals surface area contributed by atoms with Gasteiger partial charge in [0.25, 0.3) is 11.8 Å². The highest BCUT2D eigenvalue weighted by Crippen LogP contribution is 2.35. The summed E-state index contributed by atoms with van der Waals surface area (Å²) in [5.74, 6) is -0.184. The highest BCUT2D eigenvalue weighted by molar-refractivity contribution is 7.99. The lowest BCUT2D eigenvalue weighted by molar-refractivity contribution is 0.0410. The molecule has 0 radical (unpaired) electrons. The van der Waals surface area contributed by atoms with E-state index >= 15 is 0 Å². The molecule has 1 saturated heterocycles. The fourth-order valence-corrected chi connectivity index (χ4v) is 6.80. The van der Waals surface area contributed by atoms with E-state index in [1.54, 1.807) is 17.0 Å². The molecule has 0 N–H and O–H groups in total. The molecular weight excluding hydrogens is 549 g/mol. The summed E-state index contributed by atoms with van der Waals surface area (Å²) in [6, 6.07) is 33.8. The van der Waals surface area contributed by atoms with Crippen molar-refractivity contribution in [2.24, 2.45) is 0 Å². The van der Waals surface area contributed by atoms with Crippen LogP contribution in [0.2, 0.25) is 0 Å². The number of nitrogens with zero attached hydrogens (tertiary/aromatic N) is 4. The van der Waals surface area contributed by atoms with Crippen LogP contribution >= 0.6 is 23.5 Å². The van der Waals surface area contributed by atoms with E-state index in [0.717, 1.165) is 19.6 Å². The number of hydrogen-bond acceptors (Lipinski definition) is 6. The second-order valence-corrected chi connectivity index (χ2v) is 11.7. The van der Waals surface area contributed by atoms with Crippen molar-refractivity contribution in [1.82, 2.24) is 9.80 Å². The van der Waals surface area contributed by atoms with E-state index in [2.05, 4.69) is 12.1 Å². The first-order valence-corrected chi connectivity index (χ1v) is 14.8. The van der Waals surface area contributed by atoms with Crippen molar-refractivity contribution < 1.29 is 9.59 Å². The molecule has 0 spiro atoms. The molecule has 0 unspecified atom stereocenters. The molecule has 1 fully saturated rings. The highest BCUT2D eigenvalue weighted by Gasteiger charge is 2.32. The van der Waals surface area contributed by atoms with E-state index in [-0.39, 0.29) is 17.9 Å².